The molecule has 2 aliphatic rings. The zero-order valence-corrected chi connectivity index (χ0v) is 18.6. The molecule has 0 N–H and O–H groups in total. The SMILES string of the molecule is CCc1nc(-c2ccc(-n3ccc(C(=O)N4CCN(C5CCCCC5)CC4)n3)cc2)no1. The maximum Gasteiger partial charge on any atom is 0.274 e. The van der Waals surface area contributed by atoms with Gasteiger partial charge in [-0.2, -0.15) is 10.1 Å². The van der Waals surface area contributed by atoms with E-state index in [0.717, 1.165) is 37.4 Å². The minimum Gasteiger partial charge on any atom is -0.339 e. The molecule has 3 aromatic rings. The van der Waals surface area contributed by atoms with E-state index >= 15 is 0 Å². The van der Waals surface area contributed by atoms with Crippen molar-refractivity contribution in [3.8, 4) is 17.1 Å². The van der Waals surface area contributed by atoms with E-state index in [4.69, 9.17) is 4.52 Å². The standard InChI is InChI=1S/C24H30N6O2/c1-2-22-25-23(27-32-22)18-8-10-20(11-9-18)30-13-12-21(26-30)24(31)29-16-14-28(15-17-29)19-6-4-3-5-7-19/h8-13,19H,2-7,14-17H2,1H3. The molecule has 3 heterocycles. The molecule has 8 heteroatoms. The van der Waals surface area contributed by atoms with Gasteiger partial charge in [0.2, 0.25) is 11.7 Å². The predicted molar refractivity (Wildman–Crippen MR) is 121 cm³/mol. The van der Waals surface area contributed by atoms with E-state index in [1.165, 1.54) is 32.1 Å². The van der Waals surface area contributed by atoms with E-state index in [-0.39, 0.29) is 5.91 Å². The Labute approximate surface area is 188 Å². The number of piperazine rings is 1. The van der Waals surface area contributed by atoms with Crippen LogP contribution in [0.3, 0.4) is 0 Å². The Balaban J connectivity index is 1.21. The molecule has 5 rings (SSSR count). The van der Waals surface area contributed by atoms with Gasteiger partial charge >= 0.3 is 0 Å². The molecule has 1 aromatic carbocycles. The number of amides is 1. The van der Waals surface area contributed by atoms with Crippen LogP contribution in [0.25, 0.3) is 17.1 Å². The molecular formula is C24H30N6O2. The van der Waals surface area contributed by atoms with Crippen molar-refractivity contribution >= 4 is 5.91 Å². The van der Waals surface area contributed by atoms with Crippen molar-refractivity contribution in [2.24, 2.45) is 0 Å². The molecule has 1 aliphatic heterocycles. The highest BCUT2D eigenvalue weighted by Crippen LogP contribution is 2.24. The van der Waals surface area contributed by atoms with Crippen molar-refractivity contribution < 1.29 is 9.32 Å². The Hall–Kier alpha value is -3.00. The van der Waals surface area contributed by atoms with Crippen LogP contribution < -0.4 is 0 Å². The Bertz CT molecular complexity index is 1040. The quantitative estimate of drug-likeness (QED) is 0.611. The van der Waals surface area contributed by atoms with Crippen molar-refractivity contribution in [1.29, 1.82) is 0 Å². The number of hydrogen-bond acceptors (Lipinski definition) is 6. The van der Waals surface area contributed by atoms with Crippen molar-refractivity contribution in [1.82, 2.24) is 29.7 Å². The summed E-state index contributed by atoms with van der Waals surface area (Å²) >= 11 is 0. The first-order valence-corrected chi connectivity index (χ1v) is 11.7. The van der Waals surface area contributed by atoms with E-state index in [0.29, 0.717) is 29.9 Å². The Morgan fingerprint density at radius 1 is 1.03 bits per heavy atom. The van der Waals surface area contributed by atoms with Crippen LogP contribution in [0.5, 0.6) is 0 Å². The second-order valence-electron chi connectivity index (χ2n) is 8.68. The average molecular weight is 435 g/mol. The molecule has 0 spiro atoms. The summed E-state index contributed by atoms with van der Waals surface area (Å²) in [4.78, 5) is 21.9. The van der Waals surface area contributed by atoms with Gasteiger partial charge in [0.25, 0.3) is 5.91 Å². The third kappa shape index (κ3) is 4.32. The molecule has 32 heavy (non-hydrogen) atoms. The fourth-order valence-corrected chi connectivity index (χ4v) is 4.76. The van der Waals surface area contributed by atoms with E-state index in [1.54, 1.807) is 10.7 Å². The van der Waals surface area contributed by atoms with Gasteiger partial charge < -0.3 is 9.42 Å². The van der Waals surface area contributed by atoms with Gasteiger partial charge in [0.05, 0.1) is 5.69 Å². The molecule has 1 aliphatic carbocycles. The number of aryl methyl sites for hydroxylation is 1. The van der Waals surface area contributed by atoms with Crippen molar-refractivity contribution in [2.45, 2.75) is 51.5 Å². The summed E-state index contributed by atoms with van der Waals surface area (Å²) in [6.45, 7) is 5.47. The second kappa shape index (κ2) is 9.24. The summed E-state index contributed by atoms with van der Waals surface area (Å²) in [6.07, 6.45) is 9.23. The topological polar surface area (TPSA) is 80.3 Å². The molecule has 1 saturated heterocycles. The van der Waals surface area contributed by atoms with Gasteiger partial charge in [-0.05, 0) is 43.2 Å². The second-order valence-corrected chi connectivity index (χ2v) is 8.68. The molecule has 8 nitrogen and oxygen atoms in total. The maximum absolute atomic E-state index is 13.0. The lowest BCUT2D eigenvalue weighted by Gasteiger charge is -2.40. The molecule has 2 aromatic heterocycles. The van der Waals surface area contributed by atoms with Gasteiger partial charge in [-0.25, -0.2) is 4.68 Å². The largest absolute Gasteiger partial charge is 0.339 e. The smallest absolute Gasteiger partial charge is 0.274 e. The van der Waals surface area contributed by atoms with Crippen LogP contribution in [0.4, 0.5) is 0 Å². The number of hydrogen-bond donors (Lipinski definition) is 0. The van der Waals surface area contributed by atoms with Crippen LogP contribution in [0, 0.1) is 0 Å². The molecule has 0 atom stereocenters. The molecular weight excluding hydrogens is 404 g/mol. The first-order chi connectivity index (χ1) is 15.7. The summed E-state index contributed by atoms with van der Waals surface area (Å²) in [5.41, 5.74) is 2.26. The fourth-order valence-electron chi connectivity index (χ4n) is 4.76. The Kier molecular flexibility index (Phi) is 6.03. The molecule has 0 unspecified atom stereocenters. The first-order valence-electron chi connectivity index (χ1n) is 11.7. The van der Waals surface area contributed by atoms with Crippen LogP contribution in [-0.4, -0.2) is 67.8 Å². The van der Waals surface area contributed by atoms with Crippen molar-refractivity contribution in [3.05, 3.63) is 48.1 Å². The molecule has 168 valence electrons. The van der Waals surface area contributed by atoms with Gasteiger partial charge in [0, 0.05) is 50.4 Å². The average Bonchev–Trinajstić information content (AvgIpc) is 3.55. The van der Waals surface area contributed by atoms with Crippen LogP contribution in [0.1, 0.15) is 55.4 Å². The van der Waals surface area contributed by atoms with E-state index < -0.39 is 0 Å². The van der Waals surface area contributed by atoms with Crippen LogP contribution in [-0.2, 0) is 6.42 Å². The first kappa shape index (κ1) is 20.9. The van der Waals surface area contributed by atoms with E-state index in [1.807, 2.05) is 42.3 Å². The summed E-state index contributed by atoms with van der Waals surface area (Å²) in [7, 11) is 0. The Morgan fingerprint density at radius 2 is 1.78 bits per heavy atom. The van der Waals surface area contributed by atoms with Gasteiger partial charge in [0.15, 0.2) is 5.69 Å². The fraction of sp³-hybridized carbons (Fsp3) is 0.500. The van der Waals surface area contributed by atoms with E-state index in [2.05, 4.69) is 20.1 Å². The highest BCUT2D eigenvalue weighted by molar-refractivity contribution is 5.92. The highest BCUT2D eigenvalue weighted by Gasteiger charge is 2.28. The molecule has 1 saturated carbocycles. The van der Waals surface area contributed by atoms with Crippen LogP contribution in [0.2, 0.25) is 0 Å². The lowest BCUT2D eigenvalue weighted by atomic mass is 9.94. The van der Waals surface area contributed by atoms with Gasteiger partial charge in [-0.3, -0.25) is 9.69 Å². The normalized spacial score (nSPS) is 18.2. The van der Waals surface area contributed by atoms with Crippen LogP contribution in [0.15, 0.2) is 41.1 Å². The van der Waals surface area contributed by atoms with Crippen LogP contribution >= 0.6 is 0 Å². The molecule has 2 fully saturated rings. The van der Waals surface area contributed by atoms with E-state index in [9.17, 15) is 4.79 Å². The van der Waals surface area contributed by atoms with Crippen molar-refractivity contribution in [3.63, 3.8) is 0 Å². The minimum absolute atomic E-state index is 0.0163. The lowest BCUT2D eigenvalue weighted by molar-refractivity contribution is 0.0518. The number of aromatic nitrogens is 4. The third-order valence-corrected chi connectivity index (χ3v) is 6.66. The summed E-state index contributed by atoms with van der Waals surface area (Å²) in [5, 5.41) is 8.56. The number of carbonyl (C=O) groups is 1. The molecule has 1 amide bonds. The predicted octanol–water partition coefficient (Wildman–Crippen LogP) is 3.58. The van der Waals surface area contributed by atoms with Gasteiger partial charge in [-0.1, -0.05) is 31.3 Å². The number of carbonyl (C=O) groups excluding carboxylic acids is 1. The summed E-state index contributed by atoms with van der Waals surface area (Å²) in [5.74, 6) is 1.22. The minimum atomic E-state index is 0.0163. The van der Waals surface area contributed by atoms with Gasteiger partial charge in [0.1, 0.15) is 0 Å². The van der Waals surface area contributed by atoms with Gasteiger partial charge in [-0.15, -0.1) is 0 Å². The Morgan fingerprint density at radius 3 is 2.47 bits per heavy atom. The zero-order chi connectivity index (χ0) is 21.9. The van der Waals surface area contributed by atoms with Crippen molar-refractivity contribution in [2.75, 3.05) is 26.2 Å². The molecule has 0 radical (unpaired) electrons. The summed E-state index contributed by atoms with van der Waals surface area (Å²) < 4.78 is 6.93. The number of benzene rings is 1. The zero-order valence-electron chi connectivity index (χ0n) is 18.6. The highest BCUT2D eigenvalue weighted by atomic mass is 16.5. The molecule has 0 bridgehead atoms. The lowest BCUT2D eigenvalue weighted by Crippen LogP contribution is -2.52. The monoisotopic (exact) mass is 434 g/mol. The summed E-state index contributed by atoms with van der Waals surface area (Å²) in [6, 6.07) is 10.3. The maximum atomic E-state index is 13.0. The number of nitrogens with zero attached hydrogens (tertiary/aromatic N) is 6. The number of rotatable bonds is 5. The third-order valence-electron chi connectivity index (χ3n) is 6.66.